The molecule has 0 fully saturated rings. The van der Waals surface area contributed by atoms with E-state index in [0.29, 0.717) is 19.4 Å². The SMILES string of the molecule is CCNC(=O)C(C)NC(=O)CCc1ccc(CC)cc1. The van der Waals surface area contributed by atoms with E-state index in [1.807, 2.05) is 6.92 Å². The van der Waals surface area contributed by atoms with Crippen molar-refractivity contribution >= 4 is 11.8 Å². The highest BCUT2D eigenvalue weighted by atomic mass is 16.2. The molecule has 0 aliphatic carbocycles. The number of carbonyl (C=O) groups is 2. The summed E-state index contributed by atoms with van der Waals surface area (Å²) in [5, 5.41) is 5.39. The van der Waals surface area contributed by atoms with Crippen LogP contribution < -0.4 is 10.6 Å². The van der Waals surface area contributed by atoms with Gasteiger partial charge < -0.3 is 10.6 Å². The molecule has 2 N–H and O–H groups in total. The lowest BCUT2D eigenvalue weighted by atomic mass is 10.1. The van der Waals surface area contributed by atoms with Crippen molar-refractivity contribution in [2.45, 2.75) is 46.1 Å². The number of carbonyl (C=O) groups excluding carboxylic acids is 2. The van der Waals surface area contributed by atoms with Crippen molar-refractivity contribution < 1.29 is 9.59 Å². The first-order chi connectivity index (χ1) is 9.56. The van der Waals surface area contributed by atoms with E-state index in [-0.39, 0.29) is 11.8 Å². The molecule has 20 heavy (non-hydrogen) atoms. The van der Waals surface area contributed by atoms with Crippen LogP contribution in [0.15, 0.2) is 24.3 Å². The Morgan fingerprint density at radius 2 is 1.70 bits per heavy atom. The lowest BCUT2D eigenvalue weighted by Gasteiger charge is -2.13. The van der Waals surface area contributed by atoms with E-state index >= 15 is 0 Å². The highest BCUT2D eigenvalue weighted by Gasteiger charge is 2.14. The maximum atomic E-state index is 11.8. The predicted molar refractivity (Wildman–Crippen MR) is 80.4 cm³/mol. The zero-order valence-corrected chi connectivity index (χ0v) is 12.5. The van der Waals surface area contributed by atoms with Gasteiger partial charge in [0.2, 0.25) is 11.8 Å². The number of hydrogen-bond donors (Lipinski definition) is 2. The van der Waals surface area contributed by atoms with Crippen LogP contribution in [0.4, 0.5) is 0 Å². The van der Waals surface area contributed by atoms with Crippen LogP contribution in [0, 0.1) is 0 Å². The summed E-state index contributed by atoms with van der Waals surface area (Å²) in [6, 6.07) is 7.80. The molecule has 0 heterocycles. The number of amides is 2. The maximum absolute atomic E-state index is 11.8. The van der Waals surface area contributed by atoms with Crippen molar-refractivity contribution in [1.82, 2.24) is 10.6 Å². The molecule has 0 radical (unpaired) electrons. The standard InChI is InChI=1S/C16H24N2O2/c1-4-13-6-8-14(9-7-13)10-11-15(19)18-12(3)16(20)17-5-2/h6-9,12H,4-5,10-11H2,1-3H3,(H,17,20)(H,18,19). The van der Waals surface area contributed by atoms with E-state index in [2.05, 4.69) is 41.8 Å². The number of benzene rings is 1. The highest BCUT2D eigenvalue weighted by molar-refractivity contribution is 5.87. The quantitative estimate of drug-likeness (QED) is 0.798. The second-order valence-electron chi connectivity index (χ2n) is 4.85. The molecule has 4 nitrogen and oxygen atoms in total. The highest BCUT2D eigenvalue weighted by Crippen LogP contribution is 2.07. The number of aryl methyl sites for hydroxylation is 2. The number of rotatable bonds is 7. The third-order valence-corrected chi connectivity index (χ3v) is 3.19. The lowest BCUT2D eigenvalue weighted by Crippen LogP contribution is -2.44. The van der Waals surface area contributed by atoms with Gasteiger partial charge in [-0.3, -0.25) is 9.59 Å². The molecule has 0 aliphatic rings. The normalized spacial score (nSPS) is 11.8. The van der Waals surface area contributed by atoms with Crippen LogP contribution in [0.3, 0.4) is 0 Å². The molecule has 110 valence electrons. The Hall–Kier alpha value is -1.84. The van der Waals surface area contributed by atoms with Crippen molar-refractivity contribution in [3.05, 3.63) is 35.4 Å². The van der Waals surface area contributed by atoms with Gasteiger partial charge in [-0.1, -0.05) is 31.2 Å². The average molecular weight is 276 g/mol. The van der Waals surface area contributed by atoms with Crippen molar-refractivity contribution in [2.24, 2.45) is 0 Å². The van der Waals surface area contributed by atoms with Gasteiger partial charge in [-0.15, -0.1) is 0 Å². The van der Waals surface area contributed by atoms with Gasteiger partial charge in [-0.25, -0.2) is 0 Å². The van der Waals surface area contributed by atoms with Gasteiger partial charge >= 0.3 is 0 Å². The number of likely N-dealkylation sites (N-methyl/N-ethyl adjacent to an activating group) is 1. The second kappa shape index (κ2) is 8.35. The van der Waals surface area contributed by atoms with Gasteiger partial charge in [0.1, 0.15) is 6.04 Å². The Kier molecular flexibility index (Phi) is 6.77. The van der Waals surface area contributed by atoms with Gasteiger partial charge in [0.25, 0.3) is 0 Å². The minimum absolute atomic E-state index is 0.0941. The van der Waals surface area contributed by atoms with E-state index in [1.165, 1.54) is 5.56 Å². The Morgan fingerprint density at radius 3 is 2.25 bits per heavy atom. The largest absolute Gasteiger partial charge is 0.355 e. The first kappa shape index (κ1) is 16.2. The fraction of sp³-hybridized carbons (Fsp3) is 0.500. The van der Waals surface area contributed by atoms with Crippen molar-refractivity contribution in [1.29, 1.82) is 0 Å². The molecule has 0 saturated carbocycles. The van der Waals surface area contributed by atoms with E-state index in [9.17, 15) is 9.59 Å². The molecule has 0 bridgehead atoms. The number of nitrogens with one attached hydrogen (secondary N) is 2. The molecule has 1 atom stereocenters. The third kappa shape index (κ3) is 5.43. The van der Waals surface area contributed by atoms with E-state index in [0.717, 1.165) is 12.0 Å². The molecule has 1 rings (SSSR count). The van der Waals surface area contributed by atoms with Crippen LogP contribution in [-0.4, -0.2) is 24.4 Å². The van der Waals surface area contributed by atoms with Crippen LogP contribution in [0.5, 0.6) is 0 Å². The predicted octanol–water partition coefficient (Wildman–Crippen LogP) is 1.82. The molecular weight excluding hydrogens is 252 g/mol. The van der Waals surface area contributed by atoms with Crippen molar-refractivity contribution in [3.63, 3.8) is 0 Å². The fourth-order valence-corrected chi connectivity index (χ4v) is 1.91. The summed E-state index contributed by atoms with van der Waals surface area (Å²) in [5.74, 6) is -0.239. The third-order valence-electron chi connectivity index (χ3n) is 3.19. The topological polar surface area (TPSA) is 58.2 Å². The Bertz CT molecular complexity index is 440. The Balaban J connectivity index is 2.37. The van der Waals surface area contributed by atoms with E-state index in [4.69, 9.17) is 0 Å². The molecular formula is C16H24N2O2. The molecule has 1 aromatic rings. The molecule has 0 aliphatic heterocycles. The molecule has 0 spiro atoms. The van der Waals surface area contributed by atoms with Gasteiger partial charge in [0.15, 0.2) is 0 Å². The summed E-state index contributed by atoms with van der Waals surface area (Å²) in [4.78, 5) is 23.3. The Morgan fingerprint density at radius 1 is 1.10 bits per heavy atom. The van der Waals surface area contributed by atoms with E-state index in [1.54, 1.807) is 6.92 Å². The van der Waals surface area contributed by atoms with Gasteiger partial charge in [0, 0.05) is 13.0 Å². The molecule has 0 saturated heterocycles. The molecule has 2 amide bonds. The van der Waals surface area contributed by atoms with Crippen molar-refractivity contribution in [3.8, 4) is 0 Å². The van der Waals surface area contributed by atoms with Crippen LogP contribution in [0.1, 0.15) is 38.3 Å². The van der Waals surface area contributed by atoms with Gasteiger partial charge in [-0.05, 0) is 37.8 Å². The summed E-state index contributed by atoms with van der Waals surface area (Å²) in [6.45, 7) is 6.24. The lowest BCUT2D eigenvalue weighted by molar-refractivity contribution is -0.128. The first-order valence-corrected chi connectivity index (χ1v) is 7.21. The average Bonchev–Trinajstić information content (AvgIpc) is 2.45. The summed E-state index contributed by atoms with van der Waals surface area (Å²) in [6.07, 6.45) is 2.11. The molecule has 0 aromatic heterocycles. The van der Waals surface area contributed by atoms with Crippen molar-refractivity contribution in [2.75, 3.05) is 6.54 Å². The summed E-state index contributed by atoms with van der Waals surface area (Å²) in [7, 11) is 0. The van der Waals surface area contributed by atoms with Gasteiger partial charge in [-0.2, -0.15) is 0 Å². The minimum Gasteiger partial charge on any atom is -0.355 e. The zero-order chi connectivity index (χ0) is 15.0. The minimum atomic E-state index is -0.482. The van der Waals surface area contributed by atoms with Crippen LogP contribution in [-0.2, 0) is 22.4 Å². The van der Waals surface area contributed by atoms with Crippen LogP contribution in [0.25, 0.3) is 0 Å². The van der Waals surface area contributed by atoms with Crippen LogP contribution in [0.2, 0.25) is 0 Å². The zero-order valence-electron chi connectivity index (χ0n) is 12.5. The summed E-state index contributed by atoms with van der Waals surface area (Å²) < 4.78 is 0. The van der Waals surface area contributed by atoms with Gasteiger partial charge in [0.05, 0.1) is 0 Å². The Labute approximate surface area is 121 Å². The van der Waals surface area contributed by atoms with E-state index < -0.39 is 6.04 Å². The monoisotopic (exact) mass is 276 g/mol. The smallest absolute Gasteiger partial charge is 0.242 e. The summed E-state index contributed by atoms with van der Waals surface area (Å²) >= 11 is 0. The molecule has 1 unspecified atom stereocenters. The number of hydrogen-bond acceptors (Lipinski definition) is 2. The maximum Gasteiger partial charge on any atom is 0.242 e. The first-order valence-electron chi connectivity index (χ1n) is 7.21. The second-order valence-corrected chi connectivity index (χ2v) is 4.85. The summed E-state index contributed by atoms with van der Waals surface area (Å²) in [5.41, 5.74) is 2.44. The fourth-order valence-electron chi connectivity index (χ4n) is 1.91. The molecule has 4 heteroatoms. The molecule has 1 aromatic carbocycles. The van der Waals surface area contributed by atoms with Crippen LogP contribution >= 0.6 is 0 Å².